The zero-order valence-corrected chi connectivity index (χ0v) is 9.81. The SMILES string of the molecule is COc1cncc(OC)c1-c1ccc(N)cc1. The summed E-state index contributed by atoms with van der Waals surface area (Å²) in [5.41, 5.74) is 8.26. The van der Waals surface area contributed by atoms with Gasteiger partial charge in [-0.3, -0.25) is 4.98 Å². The number of hydrogen-bond acceptors (Lipinski definition) is 4. The molecule has 0 saturated carbocycles. The first-order chi connectivity index (χ1) is 8.26. The molecule has 2 aromatic rings. The molecule has 1 aromatic carbocycles. The summed E-state index contributed by atoms with van der Waals surface area (Å²) < 4.78 is 10.6. The third kappa shape index (κ3) is 2.15. The molecule has 0 amide bonds. The van der Waals surface area contributed by atoms with E-state index in [1.807, 2.05) is 24.3 Å². The Morgan fingerprint density at radius 1 is 0.941 bits per heavy atom. The van der Waals surface area contributed by atoms with Crippen molar-refractivity contribution >= 4 is 5.69 Å². The van der Waals surface area contributed by atoms with Crippen LogP contribution in [-0.2, 0) is 0 Å². The molecule has 0 aliphatic heterocycles. The minimum absolute atomic E-state index is 0.675. The Hall–Kier alpha value is -2.23. The lowest BCUT2D eigenvalue weighted by Gasteiger charge is -2.12. The number of nitrogen functional groups attached to an aromatic ring is 1. The Balaban J connectivity index is 2.59. The highest BCUT2D eigenvalue weighted by Crippen LogP contribution is 2.37. The van der Waals surface area contributed by atoms with Gasteiger partial charge in [-0.1, -0.05) is 12.1 Å². The highest BCUT2D eigenvalue weighted by Gasteiger charge is 2.12. The molecule has 0 bridgehead atoms. The molecule has 0 saturated heterocycles. The van der Waals surface area contributed by atoms with Crippen LogP contribution in [0.2, 0.25) is 0 Å². The molecule has 4 nitrogen and oxygen atoms in total. The lowest BCUT2D eigenvalue weighted by molar-refractivity contribution is 0.394. The van der Waals surface area contributed by atoms with Gasteiger partial charge in [0, 0.05) is 5.69 Å². The topological polar surface area (TPSA) is 57.4 Å². The number of benzene rings is 1. The Labute approximate surface area is 100 Å². The maximum Gasteiger partial charge on any atom is 0.148 e. The van der Waals surface area contributed by atoms with Crippen molar-refractivity contribution in [3.63, 3.8) is 0 Å². The molecule has 2 rings (SSSR count). The van der Waals surface area contributed by atoms with Gasteiger partial charge in [-0.2, -0.15) is 0 Å². The summed E-state index contributed by atoms with van der Waals surface area (Å²) in [4.78, 5) is 4.06. The van der Waals surface area contributed by atoms with Crippen molar-refractivity contribution in [2.75, 3.05) is 20.0 Å². The number of nitrogens with two attached hydrogens (primary N) is 1. The molecule has 88 valence electrons. The predicted molar refractivity (Wildman–Crippen MR) is 67.2 cm³/mol. The van der Waals surface area contributed by atoms with Gasteiger partial charge < -0.3 is 15.2 Å². The lowest BCUT2D eigenvalue weighted by atomic mass is 10.0. The van der Waals surface area contributed by atoms with Crippen molar-refractivity contribution in [3.8, 4) is 22.6 Å². The van der Waals surface area contributed by atoms with E-state index in [0.717, 1.165) is 16.8 Å². The van der Waals surface area contributed by atoms with E-state index in [9.17, 15) is 0 Å². The standard InChI is InChI=1S/C13H14N2O2/c1-16-11-7-15-8-12(17-2)13(11)9-3-5-10(14)6-4-9/h3-8H,14H2,1-2H3. The maximum atomic E-state index is 5.67. The maximum absolute atomic E-state index is 5.67. The number of pyridine rings is 1. The van der Waals surface area contributed by atoms with Crippen molar-refractivity contribution in [2.45, 2.75) is 0 Å². The summed E-state index contributed by atoms with van der Waals surface area (Å²) in [5, 5.41) is 0. The first-order valence-corrected chi connectivity index (χ1v) is 5.18. The minimum atomic E-state index is 0.675. The summed E-state index contributed by atoms with van der Waals surface area (Å²) in [6.45, 7) is 0. The van der Waals surface area contributed by atoms with Crippen molar-refractivity contribution in [3.05, 3.63) is 36.7 Å². The fourth-order valence-corrected chi connectivity index (χ4v) is 1.67. The van der Waals surface area contributed by atoms with Crippen LogP contribution in [0.1, 0.15) is 0 Å². The highest BCUT2D eigenvalue weighted by molar-refractivity contribution is 5.76. The van der Waals surface area contributed by atoms with Gasteiger partial charge in [-0.25, -0.2) is 0 Å². The Kier molecular flexibility index (Phi) is 3.14. The van der Waals surface area contributed by atoms with Gasteiger partial charge in [0.15, 0.2) is 0 Å². The number of rotatable bonds is 3. The molecule has 0 aliphatic carbocycles. The van der Waals surface area contributed by atoms with E-state index >= 15 is 0 Å². The van der Waals surface area contributed by atoms with Crippen molar-refractivity contribution in [2.24, 2.45) is 0 Å². The van der Waals surface area contributed by atoms with Crippen LogP contribution in [-0.4, -0.2) is 19.2 Å². The van der Waals surface area contributed by atoms with E-state index in [1.165, 1.54) is 0 Å². The highest BCUT2D eigenvalue weighted by atomic mass is 16.5. The molecular weight excluding hydrogens is 216 g/mol. The molecule has 1 heterocycles. The molecule has 0 spiro atoms. The number of ether oxygens (including phenoxy) is 2. The van der Waals surface area contributed by atoms with Gasteiger partial charge >= 0.3 is 0 Å². The molecule has 0 unspecified atom stereocenters. The van der Waals surface area contributed by atoms with Crippen molar-refractivity contribution in [1.29, 1.82) is 0 Å². The van der Waals surface area contributed by atoms with E-state index in [1.54, 1.807) is 26.6 Å². The summed E-state index contributed by atoms with van der Waals surface area (Å²) in [6, 6.07) is 7.54. The van der Waals surface area contributed by atoms with Crippen LogP contribution in [0, 0.1) is 0 Å². The van der Waals surface area contributed by atoms with Crippen LogP contribution in [0.4, 0.5) is 5.69 Å². The molecular formula is C13H14N2O2. The van der Waals surface area contributed by atoms with Crippen LogP contribution in [0.15, 0.2) is 36.7 Å². The van der Waals surface area contributed by atoms with Crippen LogP contribution >= 0.6 is 0 Å². The Morgan fingerprint density at radius 3 is 1.94 bits per heavy atom. The van der Waals surface area contributed by atoms with Gasteiger partial charge in [-0.05, 0) is 17.7 Å². The average molecular weight is 230 g/mol. The molecule has 1 aromatic heterocycles. The molecule has 0 atom stereocenters. The lowest BCUT2D eigenvalue weighted by Crippen LogP contribution is -1.94. The zero-order valence-electron chi connectivity index (χ0n) is 9.81. The summed E-state index contributed by atoms with van der Waals surface area (Å²) >= 11 is 0. The molecule has 0 aliphatic rings. The van der Waals surface area contributed by atoms with Gasteiger partial charge in [0.25, 0.3) is 0 Å². The van der Waals surface area contributed by atoms with E-state index < -0.39 is 0 Å². The van der Waals surface area contributed by atoms with Gasteiger partial charge in [0.2, 0.25) is 0 Å². The quantitative estimate of drug-likeness (QED) is 0.822. The van der Waals surface area contributed by atoms with E-state index in [4.69, 9.17) is 15.2 Å². The van der Waals surface area contributed by atoms with Gasteiger partial charge in [0.1, 0.15) is 11.5 Å². The fourth-order valence-electron chi connectivity index (χ4n) is 1.67. The van der Waals surface area contributed by atoms with Crippen LogP contribution in [0.25, 0.3) is 11.1 Å². The van der Waals surface area contributed by atoms with Crippen LogP contribution in [0.5, 0.6) is 11.5 Å². The van der Waals surface area contributed by atoms with Crippen LogP contribution in [0.3, 0.4) is 0 Å². The van der Waals surface area contributed by atoms with E-state index in [0.29, 0.717) is 11.5 Å². The fraction of sp³-hybridized carbons (Fsp3) is 0.154. The minimum Gasteiger partial charge on any atom is -0.494 e. The first kappa shape index (κ1) is 11.3. The normalized spacial score (nSPS) is 10.0. The number of hydrogen-bond donors (Lipinski definition) is 1. The monoisotopic (exact) mass is 230 g/mol. The largest absolute Gasteiger partial charge is 0.494 e. The first-order valence-electron chi connectivity index (χ1n) is 5.18. The number of nitrogens with zero attached hydrogens (tertiary/aromatic N) is 1. The van der Waals surface area contributed by atoms with Crippen molar-refractivity contribution < 1.29 is 9.47 Å². The third-order valence-electron chi connectivity index (χ3n) is 2.52. The second-order valence-corrected chi connectivity index (χ2v) is 3.54. The Bertz CT molecular complexity index is 487. The second-order valence-electron chi connectivity index (χ2n) is 3.54. The summed E-state index contributed by atoms with van der Waals surface area (Å²) in [6.07, 6.45) is 3.32. The molecule has 0 fully saturated rings. The van der Waals surface area contributed by atoms with E-state index in [-0.39, 0.29) is 0 Å². The summed E-state index contributed by atoms with van der Waals surface area (Å²) in [7, 11) is 3.22. The van der Waals surface area contributed by atoms with Gasteiger partial charge in [0.05, 0.1) is 32.2 Å². The number of anilines is 1. The molecule has 17 heavy (non-hydrogen) atoms. The summed E-state index contributed by atoms with van der Waals surface area (Å²) in [5.74, 6) is 1.35. The smallest absolute Gasteiger partial charge is 0.148 e. The average Bonchev–Trinajstić information content (AvgIpc) is 2.38. The van der Waals surface area contributed by atoms with E-state index in [2.05, 4.69) is 4.98 Å². The molecule has 0 radical (unpaired) electrons. The Morgan fingerprint density at radius 2 is 1.47 bits per heavy atom. The molecule has 2 N–H and O–H groups in total. The molecule has 4 heteroatoms. The number of methoxy groups -OCH3 is 2. The third-order valence-corrected chi connectivity index (χ3v) is 2.52. The van der Waals surface area contributed by atoms with Crippen LogP contribution < -0.4 is 15.2 Å². The number of aromatic nitrogens is 1. The van der Waals surface area contributed by atoms with Crippen molar-refractivity contribution in [1.82, 2.24) is 4.98 Å². The predicted octanol–water partition coefficient (Wildman–Crippen LogP) is 2.35. The van der Waals surface area contributed by atoms with Gasteiger partial charge in [-0.15, -0.1) is 0 Å². The zero-order chi connectivity index (χ0) is 12.3. The second kappa shape index (κ2) is 4.74.